The van der Waals surface area contributed by atoms with Gasteiger partial charge in [0.15, 0.2) is 0 Å². The van der Waals surface area contributed by atoms with E-state index in [1.165, 1.54) is 30.8 Å². The molecule has 1 N–H and O–H groups in total. The highest BCUT2D eigenvalue weighted by Gasteiger charge is 2.34. The largest absolute Gasteiger partial charge is 0.356 e. The Kier molecular flexibility index (Phi) is 6.37. The SMILES string of the molecule is CSc1ccc(N2C[C@@H](C(=O)NCCCN3CCCC3)CC2=O)cc1. The molecule has 0 unspecified atom stereocenters. The maximum absolute atomic E-state index is 12.4. The molecule has 0 aliphatic carbocycles. The Morgan fingerprint density at radius 3 is 2.64 bits per heavy atom. The van der Waals surface area contributed by atoms with E-state index in [4.69, 9.17) is 0 Å². The number of hydrogen-bond acceptors (Lipinski definition) is 4. The van der Waals surface area contributed by atoms with E-state index in [9.17, 15) is 9.59 Å². The minimum Gasteiger partial charge on any atom is -0.356 e. The summed E-state index contributed by atoms with van der Waals surface area (Å²) in [4.78, 5) is 30.0. The second-order valence-corrected chi connectivity index (χ2v) is 7.68. The smallest absolute Gasteiger partial charge is 0.227 e. The molecule has 6 heteroatoms. The lowest BCUT2D eigenvalue weighted by Gasteiger charge is -2.17. The highest BCUT2D eigenvalue weighted by atomic mass is 32.2. The standard InChI is InChI=1S/C19H27N3O2S/c1-25-17-7-5-16(6-8-17)22-14-15(13-18(22)23)19(24)20-9-4-12-21-10-2-3-11-21/h5-8,15H,2-4,9-14H2,1H3,(H,20,24)/t15-/m0/s1. The van der Waals surface area contributed by atoms with Gasteiger partial charge in [0, 0.05) is 30.1 Å². The number of amides is 2. The molecule has 2 aliphatic rings. The predicted octanol–water partition coefficient (Wildman–Crippen LogP) is 2.36. The molecule has 5 nitrogen and oxygen atoms in total. The van der Waals surface area contributed by atoms with Gasteiger partial charge in [0.2, 0.25) is 11.8 Å². The van der Waals surface area contributed by atoms with Crippen LogP contribution < -0.4 is 10.2 Å². The van der Waals surface area contributed by atoms with Gasteiger partial charge in [-0.05, 0) is 69.4 Å². The average Bonchev–Trinajstić information content (AvgIpc) is 3.28. The lowest BCUT2D eigenvalue weighted by Crippen LogP contribution is -2.34. The molecular weight excluding hydrogens is 334 g/mol. The third kappa shape index (κ3) is 4.76. The molecule has 1 aromatic rings. The number of nitrogens with zero attached hydrogens (tertiary/aromatic N) is 2. The first-order valence-electron chi connectivity index (χ1n) is 9.12. The number of carbonyl (C=O) groups is 2. The summed E-state index contributed by atoms with van der Waals surface area (Å²) in [6, 6.07) is 7.94. The number of hydrogen-bond donors (Lipinski definition) is 1. The highest BCUT2D eigenvalue weighted by molar-refractivity contribution is 7.98. The molecule has 0 bridgehead atoms. The van der Waals surface area contributed by atoms with Gasteiger partial charge in [-0.25, -0.2) is 0 Å². The van der Waals surface area contributed by atoms with E-state index in [1.54, 1.807) is 16.7 Å². The summed E-state index contributed by atoms with van der Waals surface area (Å²) in [5.74, 6) is -0.188. The van der Waals surface area contributed by atoms with Crippen LogP contribution in [-0.2, 0) is 9.59 Å². The monoisotopic (exact) mass is 361 g/mol. The van der Waals surface area contributed by atoms with Gasteiger partial charge in [-0.1, -0.05) is 0 Å². The number of nitrogens with one attached hydrogen (secondary N) is 1. The Hall–Kier alpha value is -1.53. The summed E-state index contributed by atoms with van der Waals surface area (Å²) in [6.07, 6.45) is 5.91. The zero-order valence-electron chi connectivity index (χ0n) is 14.9. The molecule has 2 amide bonds. The average molecular weight is 362 g/mol. The van der Waals surface area contributed by atoms with Crippen LogP contribution >= 0.6 is 11.8 Å². The van der Waals surface area contributed by atoms with Crippen molar-refractivity contribution in [3.63, 3.8) is 0 Å². The first-order chi connectivity index (χ1) is 12.2. The molecule has 3 rings (SSSR count). The Balaban J connectivity index is 1.45. The molecule has 2 aliphatic heterocycles. The van der Waals surface area contributed by atoms with Crippen molar-refractivity contribution in [1.82, 2.24) is 10.2 Å². The molecular formula is C19H27N3O2S. The Bertz CT molecular complexity index is 599. The summed E-state index contributed by atoms with van der Waals surface area (Å²) in [6.45, 7) is 4.61. The molecule has 136 valence electrons. The van der Waals surface area contributed by atoms with Crippen LogP contribution in [0.15, 0.2) is 29.2 Å². The number of benzene rings is 1. The molecule has 0 saturated carbocycles. The van der Waals surface area contributed by atoms with E-state index in [0.717, 1.165) is 18.7 Å². The zero-order chi connectivity index (χ0) is 17.6. The first-order valence-corrected chi connectivity index (χ1v) is 10.3. The Morgan fingerprint density at radius 1 is 1.24 bits per heavy atom. The fourth-order valence-electron chi connectivity index (χ4n) is 3.56. The minimum atomic E-state index is -0.237. The maximum Gasteiger partial charge on any atom is 0.227 e. The number of anilines is 1. The van der Waals surface area contributed by atoms with Gasteiger partial charge in [0.1, 0.15) is 0 Å². The van der Waals surface area contributed by atoms with E-state index in [-0.39, 0.29) is 17.7 Å². The van der Waals surface area contributed by atoms with E-state index in [0.29, 0.717) is 19.5 Å². The topological polar surface area (TPSA) is 52.7 Å². The molecule has 2 heterocycles. The Labute approximate surface area is 154 Å². The van der Waals surface area contributed by atoms with Gasteiger partial charge in [0.05, 0.1) is 5.92 Å². The summed E-state index contributed by atoms with van der Waals surface area (Å²) in [5.41, 5.74) is 0.882. The van der Waals surface area contributed by atoms with Gasteiger partial charge in [-0.2, -0.15) is 0 Å². The van der Waals surface area contributed by atoms with Crippen LogP contribution in [0.5, 0.6) is 0 Å². The summed E-state index contributed by atoms with van der Waals surface area (Å²) in [7, 11) is 0. The van der Waals surface area contributed by atoms with Crippen molar-refractivity contribution in [2.45, 2.75) is 30.6 Å². The second-order valence-electron chi connectivity index (χ2n) is 6.80. The molecule has 0 radical (unpaired) electrons. The number of thioether (sulfide) groups is 1. The fraction of sp³-hybridized carbons (Fsp3) is 0.579. The Morgan fingerprint density at radius 2 is 1.96 bits per heavy atom. The zero-order valence-corrected chi connectivity index (χ0v) is 15.7. The van der Waals surface area contributed by atoms with Crippen LogP contribution in [0.3, 0.4) is 0 Å². The number of rotatable bonds is 7. The van der Waals surface area contributed by atoms with Gasteiger partial charge >= 0.3 is 0 Å². The van der Waals surface area contributed by atoms with Crippen molar-refractivity contribution in [1.29, 1.82) is 0 Å². The molecule has 1 atom stereocenters. The van der Waals surface area contributed by atoms with Crippen LogP contribution in [-0.4, -0.2) is 55.7 Å². The molecule has 2 saturated heterocycles. The molecule has 2 fully saturated rings. The van der Waals surface area contributed by atoms with E-state index < -0.39 is 0 Å². The molecule has 1 aromatic carbocycles. The van der Waals surface area contributed by atoms with Gasteiger partial charge in [0.25, 0.3) is 0 Å². The van der Waals surface area contributed by atoms with E-state index in [2.05, 4.69) is 10.2 Å². The van der Waals surface area contributed by atoms with Crippen molar-refractivity contribution in [2.75, 3.05) is 43.9 Å². The van der Waals surface area contributed by atoms with Gasteiger partial charge < -0.3 is 15.1 Å². The van der Waals surface area contributed by atoms with Crippen LogP contribution in [0.25, 0.3) is 0 Å². The van der Waals surface area contributed by atoms with E-state index >= 15 is 0 Å². The number of likely N-dealkylation sites (tertiary alicyclic amines) is 1. The lowest BCUT2D eigenvalue weighted by atomic mass is 10.1. The molecule has 0 spiro atoms. The first kappa shape index (κ1) is 18.3. The number of carbonyl (C=O) groups excluding carboxylic acids is 2. The molecule has 0 aromatic heterocycles. The second kappa shape index (κ2) is 8.72. The van der Waals surface area contributed by atoms with Crippen molar-refractivity contribution < 1.29 is 9.59 Å². The summed E-state index contributed by atoms with van der Waals surface area (Å²) in [5, 5.41) is 3.01. The lowest BCUT2D eigenvalue weighted by molar-refractivity contribution is -0.126. The van der Waals surface area contributed by atoms with Crippen LogP contribution in [0, 0.1) is 5.92 Å². The maximum atomic E-state index is 12.4. The van der Waals surface area contributed by atoms with Crippen molar-refractivity contribution in [3.05, 3.63) is 24.3 Å². The van der Waals surface area contributed by atoms with Crippen LogP contribution in [0.1, 0.15) is 25.7 Å². The van der Waals surface area contributed by atoms with Crippen molar-refractivity contribution >= 4 is 29.3 Å². The summed E-state index contributed by atoms with van der Waals surface area (Å²) >= 11 is 1.68. The quantitative estimate of drug-likeness (QED) is 0.598. The van der Waals surface area contributed by atoms with Crippen molar-refractivity contribution in [2.24, 2.45) is 5.92 Å². The van der Waals surface area contributed by atoms with Gasteiger partial charge in [-0.15, -0.1) is 11.8 Å². The minimum absolute atomic E-state index is 0.0120. The van der Waals surface area contributed by atoms with Crippen LogP contribution in [0.2, 0.25) is 0 Å². The van der Waals surface area contributed by atoms with Crippen LogP contribution in [0.4, 0.5) is 5.69 Å². The predicted molar refractivity (Wildman–Crippen MR) is 102 cm³/mol. The third-order valence-corrected chi connectivity index (χ3v) is 5.77. The van der Waals surface area contributed by atoms with Gasteiger partial charge in [-0.3, -0.25) is 9.59 Å². The normalized spacial score (nSPS) is 21.1. The summed E-state index contributed by atoms with van der Waals surface area (Å²) < 4.78 is 0. The van der Waals surface area contributed by atoms with Crippen molar-refractivity contribution in [3.8, 4) is 0 Å². The molecule has 25 heavy (non-hydrogen) atoms. The third-order valence-electron chi connectivity index (χ3n) is 5.03. The highest BCUT2D eigenvalue weighted by Crippen LogP contribution is 2.27. The fourth-order valence-corrected chi connectivity index (χ4v) is 3.97. The van der Waals surface area contributed by atoms with E-state index in [1.807, 2.05) is 30.5 Å².